The highest BCUT2D eigenvalue weighted by Crippen LogP contribution is 2.13. The van der Waals surface area contributed by atoms with Crippen LogP contribution in [0.5, 0.6) is 0 Å². The Hall–Kier alpha value is -0.970. The minimum absolute atomic E-state index is 0.0661. The summed E-state index contributed by atoms with van der Waals surface area (Å²) in [5.74, 6) is 0. The van der Waals surface area contributed by atoms with Crippen LogP contribution in [0.15, 0.2) is 18.2 Å². The first-order chi connectivity index (χ1) is 8.17. The molecule has 2 atom stereocenters. The van der Waals surface area contributed by atoms with Crippen molar-refractivity contribution < 1.29 is 9.84 Å². The first kappa shape index (κ1) is 12.5. The Balaban J connectivity index is 1.98. The van der Waals surface area contributed by atoms with Crippen LogP contribution in [0, 0.1) is 6.92 Å². The molecule has 0 aromatic carbocycles. The first-order valence-electron chi connectivity index (χ1n) is 6.08. The van der Waals surface area contributed by atoms with E-state index in [1.807, 2.05) is 32.0 Å². The van der Waals surface area contributed by atoms with Gasteiger partial charge in [-0.25, -0.2) is 0 Å². The van der Waals surface area contributed by atoms with Crippen molar-refractivity contribution in [3.8, 4) is 0 Å². The van der Waals surface area contributed by atoms with Crippen LogP contribution in [0.3, 0.4) is 0 Å². The van der Waals surface area contributed by atoms with E-state index in [2.05, 4.69) is 9.88 Å². The van der Waals surface area contributed by atoms with Crippen LogP contribution in [0.1, 0.15) is 18.3 Å². The molecule has 4 heteroatoms. The lowest BCUT2D eigenvalue weighted by Crippen LogP contribution is -2.47. The number of aliphatic hydroxyl groups is 1. The third kappa shape index (κ3) is 3.49. The highest BCUT2D eigenvalue weighted by Gasteiger charge is 2.24. The minimum Gasteiger partial charge on any atom is -0.394 e. The van der Waals surface area contributed by atoms with Crippen molar-refractivity contribution in [2.75, 3.05) is 19.7 Å². The Morgan fingerprint density at radius 3 is 3.00 bits per heavy atom. The van der Waals surface area contributed by atoms with Gasteiger partial charge in [-0.1, -0.05) is 6.07 Å². The molecule has 2 rings (SSSR count). The number of pyridine rings is 1. The van der Waals surface area contributed by atoms with Gasteiger partial charge in [-0.2, -0.15) is 0 Å². The zero-order valence-electron chi connectivity index (χ0n) is 10.5. The fourth-order valence-corrected chi connectivity index (χ4v) is 2.29. The SMILES string of the molecule is Cc1cccc(CN2CC(C)OC(CO)C2)n1. The lowest BCUT2D eigenvalue weighted by Gasteiger charge is -2.35. The number of aryl methyl sites for hydroxylation is 1. The Labute approximate surface area is 102 Å². The molecule has 1 aromatic heterocycles. The topological polar surface area (TPSA) is 45.6 Å². The van der Waals surface area contributed by atoms with E-state index >= 15 is 0 Å². The number of ether oxygens (including phenoxy) is 1. The molecule has 0 amide bonds. The monoisotopic (exact) mass is 236 g/mol. The highest BCUT2D eigenvalue weighted by atomic mass is 16.5. The van der Waals surface area contributed by atoms with Crippen LogP contribution >= 0.6 is 0 Å². The van der Waals surface area contributed by atoms with Crippen molar-refractivity contribution in [3.05, 3.63) is 29.6 Å². The normalized spacial score (nSPS) is 26.1. The van der Waals surface area contributed by atoms with E-state index in [-0.39, 0.29) is 18.8 Å². The van der Waals surface area contributed by atoms with Gasteiger partial charge in [0, 0.05) is 25.3 Å². The van der Waals surface area contributed by atoms with Gasteiger partial charge >= 0.3 is 0 Å². The second kappa shape index (κ2) is 5.58. The molecule has 0 radical (unpaired) electrons. The smallest absolute Gasteiger partial charge is 0.0936 e. The van der Waals surface area contributed by atoms with Crippen molar-refractivity contribution in [3.63, 3.8) is 0 Å². The Morgan fingerprint density at radius 2 is 2.29 bits per heavy atom. The lowest BCUT2D eigenvalue weighted by atomic mass is 10.2. The number of aromatic nitrogens is 1. The van der Waals surface area contributed by atoms with Gasteiger partial charge in [-0.05, 0) is 26.0 Å². The molecule has 1 saturated heterocycles. The average molecular weight is 236 g/mol. The quantitative estimate of drug-likeness (QED) is 0.849. The number of nitrogens with zero attached hydrogens (tertiary/aromatic N) is 2. The van der Waals surface area contributed by atoms with E-state index in [1.54, 1.807) is 0 Å². The molecule has 0 bridgehead atoms. The molecule has 4 nitrogen and oxygen atoms in total. The lowest BCUT2D eigenvalue weighted by molar-refractivity contribution is -0.0974. The van der Waals surface area contributed by atoms with Crippen molar-refractivity contribution in [1.29, 1.82) is 0 Å². The van der Waals surface area contributed by atoms with E-state index in [1.165, 1.54) is 0 Å². The molecule has 1 aromatic rings. The summed E-state index contributed by atoms with van der Waals surface area (Å²) in [6.45, 7) is 6.62. The molecule has 94 valence electrons. The summed E-state index contributed by atoms with van der Waals surface area (Å²) in [5.41, 5.74) is 2.12. The van der Waals surface area contributed by atoms with E-state index in [0.29, 0.717) is 0 Å². The number of rotatable bonds is 3. The Bertz CT molecular complexity index is 370. The van der Waals surface area contributed by atoms with Crippen LogP contribution in [-0.2, 0) is 11.3 Å². The van der Waals surface area contributed by atoms with Crippen LogP contribution in [0.25, 0.3) is 0 Å². The molecule has 1 N–H and O–H groups in total. The maximum Gasteiger partial charge on any atom is 0.0936 e. The molecular formula is C13H20N2O2. The average Bonchev–Trinajstić information content (AvgIpc) is 2.28. The molecule has 1 aliphatic heterocycles. The highest BCUT2D eigenvalue weighted by molar-refractivity contribution is 5.09. The van der Waals surface area contributed by atoms with E-state index in [0.717, 1.165) is 31.0 Å². The fourth-order valence-electron chi connectivity index (χ4n) is 2.29. The van der Waals surface area contributed by atoms with E-state index in [4.69, 9.17) is 9.84 Å². The third-order valence-electron chi connectivity index (χ3n) is 2.94. The van der Waals surface area contributed by atoms with Gasteiger partial charge in [0.2, 0.25) is 0 Å². The van der Waals surface area contributed by atoms with Gasteiger partial charge < -0.3 is 9.84 Å². The fraction of sp³-hybridized carbons (Fsp3) is 0.615. The molecule has 1 aliphatic rings. The molecule has 0 spiro atoms. The van der Waals surface area contributed by atoms with Crippen molar-refractivity contribution in [1.82, 2.24) is 9.88 Å². The Kier molecular flexibility index (Phi) is 4.10. The van der Waals surface area contributed by atoms with Gasteiger partial charge in [-0.15, -0.1) is 0 Å². The molecular weight excluding hydrogens is 216 g/mol. The summed E-state index contributed by atoms with van der Waals surface area (Å²) < 4.78 is 5.62. The molecule has 1 fully saturated rings. The predicted molar refractivity (Wildman–Crippen MR) is 65.7 cm³/mol. The summed E-state index contributed by atoms with van der Waals surface area (Å²) in [7, 11) is 0. The van der Waals surface area contributed by atoms with Gasteiger partial charge in [0.05, 0.1) is 24.5 Å². The van der Waals surface area contributed by atoms with Crippen molar-refractivity contribution in [2.24, 2.45) is 0 Å². The maximum atomic E-state index is 9.17. The van der Waals surface area contributed by atoms with Crippen LogP contribution in [0.2, 0.25) is 0 Å². The van der Waals surface area contributed by atoms with Gasteiger partial charge in [0.15, 0.2) is 0 Å². The van der Waals surface area contributed by atoms with Gasteiger partial charge in [0.25, 0.3) is 0 Å². The number of morpholine rings is 1. The number of hydrogen-bond acceptors (Lipinski definition) is 4. The molecule has 17 heavy (non-hydrogen) atoms. The zero-order valence-corrected chi connectivity index (χ0v) is 10.5. The second-order valence-electron chi connectivity index (χ2n) is 4.72. The van der Waals surface area contributed by atoms with Crippen LogP contribution in [0.4, 0.5) is 0 Å². The third-order valence-corrected chi connectivity index (χ3v) is 2.94. The largest absolute Gasteiger partial charge is 0.394 e. The van der Waals surface area contributed by atoms with Crippen LogP contribution in [-0.4, -0.2) is 46.9 Å². The zero-order chi connectivity index (χ0) is 12.3. The summed E-state index contributed by atoms with van der Waals surface area (Å²) in [5, 5.41) is 9.17. The van der Waals surface area contributed by atoms with Crippen LogP contribution < -0.4 is 0 Å². The summed E-state index contributed by atoms with van der Waals surface area (Å²) in [6, 6.07) is 6.08. The Morgan fingerprint density at radius 1 is 1.47 bits per heavy atom. The van der Waals surface area contributed by atoms with Crippen molar-refractivity contribution in [2.45, 2.75) is 32.6 Å². The summed E-state index contributed by atoms with van der Waals surface area (Å²) >= 11 is 0. The van der Waals surface area contributed by atoms with E-state index in [9.17, 15) is 0 Å². The predicted octanol–water partition coefficient (Wildman–Crippen LogP) is 0.972. The number of aliphatic hydroxyl groups excluding tert-OH is 1. The summed E-state index contributed by atoms with van der Waals surface area (Å²) in [6.07, 6.45) is 0.106. The van der Waals surface area contributed by atoms with Crippen molar-refractivity contribution >= 4 is 0 Å². The minimum atomic E-state index is -0.0661. The van der Waals surface area contributed by atoms with Gasteiger partial charge in [-0.3, -0.25) is 9.88 Å². The summed E-state index contributed by atoms with van der Waals surface area (Å²) in [4.78, 5) is 6.79. The second-order valence-corrected chi connectivity index (χ2v) is 4.72. The maximum absolute atomic E-state index is 9.17. The van der Waals surface area contributed by atoms with E-state index < -0.39 is 0 Å². The first-order valence-corrected chi connectivity index (χ1v) is 6.08. The molecule has 0 saturated carbocycles. The molecule has 2 unspecified atom stereocenters. The molecule has 2 heterocycles. The standard InChI is InChI=1S/C13H20N2O2/c1-10-4-3-5-12(14-10)7-15-6-11(2)17-13(8-15)9-16/h3-5,11,13,16H,6-9H2,1-2H3. The van der Waals surface area contributed by atoms with Gasteiger partial charge in [0.1, 0.15) is 0 Å². The molecule has 0 aliphatic carbocycles. The number of hydrogen-bond donors (Lipinski definition) is 1.